The van der Waals surface area contributed by atoms with Crippen molar-refractivity contribution < 1.29 is 23.5 Å². The molecule has 1 fully saturated rings. The molecule has 29 heavy (non-hydrogen) atoms. The molecular weight excluding hydrogens is 372 g/mol. The van der Waals surface area contributed by atoms with E-state index in [1.54, 1.807) is 37.3 Å². The first-order chi connectivity index (χ1) is 14.1. The minimum Gasteiger partial charge on any atom is -0.497 e. The molecule has 3 rings (SSSR count). The van der Waals surface area contributed by atoms with Gasteiger partial charge in [-0.2, -0.15) is 0 Å². The largest absolute Gasteiger partial charge is 0.497 e. The smallest absolute Gasteiger partial charge is 0.289 e. The van der Waals surface area contributed by atoms with E-state index >= 15 is 0 Å². The molecule has 0 bridgehead atoms. The van der Waals surface area contributed by atoms with Gasteiger partial charge in [-0.3, -0.25) is 9.59 Å². The van der Waals surface area contributed by atoms with Crippen molar-refractivity contribution in [2.45, 2.75) is 25.7 Å². The van der Waals surface area contributed by atoms with Gasteiger partial charge in [-0.15, -0.1) is 0 Å². The van der Waals surface area contributed by atoms with E-state index in [0.717, 1.165) is 18.4 Å². The number of methoxy groups -OCH3 is 2. The fourth-order valence-electron chi connectivity index (χ4n) is 3.75. The molecule has 0 unspecified atom stereocenters. The molecule has 1 saturated heterocycles. The molecule has 0 radical (unpaired) electrons. The Hall–Kier alpha value is -2.96. The predicted molar refractivity (Wildman–Crippen MR) is 108 cm³/mol. The normalized spacial score (nSPS) is 18.5. The summed E-state index contributed by atoms with van der Waals surface area (Å²) < 4.78 is 16.1. The van der Waals surface area contributed by atoms with Crippen molar-refractivity contribution in [3.63, 3.8) is 0 Å². The highest BCUT2D eigenvalue weighted by molar-refractivity contribution is 5.92. The molecule has 156 valence electrons. The van der Waals surface area contributed by atoms with Crippen molar-refractivity contribution in [2.75, 3.05) is 33.9 Å². The summed E-state index contributed by atoms with van der Waals surface area (Å²) in [5.74, 6) is 0.790. The Morgan fingerprint density at radius 1 is 1.21 bits per heavy atom. The second-order valence-corrected chi connectivity index (χ2v) is 7.15. The third kappa shape index (κ3) is 4.55. The third-order valence-electron chi connectivity index (χ3n) is 5.35. The number of amides is 2. The van der Waals surface area contributed by atoms with Crippen LogP contribution in [0.2, 0.25) is 0 Å². The molecular formula is C22H28N2O5. The Morgan fingerprint density at radius 2 is 2.03 bits per heavy atom. The van der Waals surface area contributed by atoms with Crippen LogP contribution >= 0.6 is 0 Å². The van der Waals surface area contributed by atoms with Crippen LogP contribution in [0.25, 0.3) is 0 Å². The van der Waals surface area contributed by atoms with Crippen LogP contribution < -0.4 is 14.8 Å². The van der Waals surface area contributed by atoms with Crippen molar-refractivity contribution in [3.05, 3.63) is 47.9 Å². The van der Waals surface area contributed by atoms with E-state index < -0.39 is 0 Å². The molecule has 0 spiro atoms. The van der Waals surface area contributed by atoms with E-state index in [4.69, 9.17) is 13.9 Å². The highest BCUT2D eigenvalue weighted by Crippen LogP contribution is 2.39. The zero-order chi connectivity index (χ0) is 20.8. The Labute approximate surface area is 171 Å². The van der Waals surface area contributed by atoms with E-state index in [0.29, 0.717) is 31.1 Å². The number of nitrogens with one attached hydrogen (secondary N) is 1. The van der Waals surface area contributed by atoms with Crippen LogP contribution in [0.3, 0.4) is 0 Å². The Bertz CT molecular complexity index is 834. The number of benzene rings is 1. The van der Waals surface area contributed by atoms with Crippen LogP contribution in [0.1, 0.15) is 41.8 Å². The zero-order valence-electron chi connectivity index (χ0n) is 17.1. The molecule has 7 heteroatoms. The van der Waals surface area contributed by atoms with Gasteiger partial charge in [-0.25, -0.2) is 0 Å². The average molecular weight is 400 g/mol. The van der Waals surface area contributed by atoms with Crippen molar-refractivity contribution in [3.8, 4) is 11.5 Å². The predicted octanol–water partition coefficient (Wildman–Crippen LogP) is 3.07. The van der Waals surface area contributed by atoms with Crippen LogP contribution in [0.4, 0.5) is 0 Å². The molecule has 7 nitrogen and oxygen atoms in total. The number of ether oxygens (including phenoxy) is 2. The summed E-state index contributed by atoms with van der Waals surface area (Å²) in [5, 5.41) is 3.01. The van der Waals surface area contributed by atoms with E-state index in [9.17, 15) is 9.59 Å². The number of furan rings is 1. The maximum atomic E-state index is 12.9. The molecule has 2 amide bonds. The van der Waals surface area contributed by atoms with E-state index in [1.165, 1.54) is 6.26 Å². The number of hydrogen-bond acceptors (Lipinski definition) is 5. The molecule has 1 N–H and O–H groups in total. The number of unbranched alkanes of at least 4 members (excludes halogenated alkanes) is 1. The fraction of sp³-hybridized carbons (Fsp3) is 0.455. The third-order valence-corrected chi connectivity index (χ3v) is 5.35. The Kier molecular flexibility index (Phi) is 6.80. The summed E-state index contributed by atoms with van der Waals surface area (Å²) in [6.07, 6.45) is 3.40. The molecule has 0 aliphatic carbocycles. The lowest BCUT2D eigenvalue weighted by atomic mass is 9.87. The Morgan fingerprint density at radius 3 is 2.69 bits per heavy atom. The molecule has 1 aromatic carbocycles. The van der Waals surface area contributed by atoms with E-state index in [-0.39, 0.29) is 29.4 Å². The van der Waals surface area contributed by atoms with Crippen molar-refractivity contribution in [1.82, 2.24) is 10.2 Å². The van der Waals surface area contributed by atoms with Crippen molar-refractivity contribution >= 4 is 11.8 Å². The van der Waals surface area contributed by atoms with Gasteiger partial charge in [-0.1, -0.05) is 19.4 Å². The summed E-state index contributed by atoms with van der Waals surface area (Å²) in [4.78, 5) is 27.4. The number of rotatable bonds is 8. The van der Waals surface area contributed by atoms with Gasteiger partial charge in [0.1, 0.15) is 11.5 Å². The summed E-state index contributed by atoms with van der Waals surface area (Å²) in [6.45, 7) is 3.45. The Balaban J connectivity index is 1.88. The molecule has 1 aromatic heterocycles. The molecule has 2 aromatic rings. The monoisotopic (exact) mass is 400 g/mol. The van der Waals surface area contributed by atoms with Gasteiger partial charge in [0.15, 0.2) is 5.76 Å². The van der Waals surface area contributed by atoms with Crippen LogP contribution in [-0.2, 0) is 4.79 Å². The molecule has 2 heterocycles. The molecule has 1 aliphatic rings. The molecule has 0 saturated carbocycles. The lowest BCUT2D eigenvalue weighted by molar-refractivity contribution is -0.124. The van der Waals surface area contributed by atoms with Crippen LogP contribution in [-0.4, -0.2) is 50.6 Å². The second-order valence-electron chi connectivity index (χ2n) is 7.15. The molecule has 2 atom stereocenters. The summed E-state index contributed by atoms with van der Waals surface area (Å²) in [5.41, 5.74) is 0.888. The fourth-order valence-corrected chi connectivity index (χ4v) is 3.75. The van der Waals surface area contributed by atoms with Gasteiger partial charge < -0.3 is 24.1 Å². The lowest BCUT2D eigenvalue weighted by Crippen LogP contribution is -2.36. The van der Waals surface area contributed by atoms with Gasteiger partial charge in [0.25, 0.3) is 5.91 Å². The maximum Gasteiger partial charge on any atom is 0.289 e. The first kappa shape index (κ1) is 20.8. The second kappa shape index (κ2) is 9.49. The standard InChI is InChI=1S/C22H28N2O5/c1-4-5-10-23-21(25)18-14-24(22(26)19-7-6-11-29-19)13-17(18)16-9-8-15(27-2)12-20(16)28-3/h6-9,11-12,17-18H,4-5,10,13-14H2,1-3H3,(H,23,25)/t17-,18+/m1/s1. The maximum absolute atomic E-state index is 12.9. The first-order valence-corrected chi connectivity index (χ1v) is 9.91. The SMILES string of the molecule is CCCCNC(=O)[C@H]1CN(C(=O)c2ccco2)C[C@@H]1c1ccc(OC)cc1OC. The van der Waals surface area contributed by atoms with Crippen molar-refractivity contribution in [2.24, 2.45) is 5.92 Å². The van der Waals surface area contributed by atoms with Crippen molar-refractivity contribution in [1.29, 1.82) is 0 Å². The topological polar surface area (TPSA) is 81.0 Å². The number of carbonyl (C=O) groups excluding carboxylic acids is 2. The summed E-state index contributed by atoms with van der Waals surface area (Å²) in [7, 11) is 3.19. The van der Waals surface area contributed by atoms with Gasteiger partial charge in [-0.05, 0) is 24.6 Å². The number of hydrogen-bond donors (Lipinski definition) is 1. The van der Waals surface area contributed by atoms with Gasteiger partial charge in [0.05, 0.1) is 26.4 Å². The highest BCUT2D eigenvalue weighted by Gasteiger charge is 2.42. The minimum absolute atomic E-state index is 0.0453. The highest BCUT2D eigenvalue weighted by atomic mass is 16.5. The quantitative estimate of drug-likeness (QED) is 0.689. The van der Waals surface area contributed by atoms with E-state index in [2.05, 4.69) is 12.2 Å². The van der Waals surface area contributed by atoms with Gasteiger partial charge >= 0.3 is 0 Å². The number of nitrogens with zero attached hydrogens (tertiary/aromatic N) is 1. The summed E-state index contributed by atoms with van der Waals surface area (Å²) >= 11 is 0. The van der Waals surface area contributed by atoms with Crippen LogP contribution in [0, 0.1) is 5.92 Å². The average Bonchev–Trinajstić information content (AvgIpc) is 3.43. The number of likely N-dealkylation sites (tertiary alicyclic amines) is 1. The summed E-state index contributed by atoms with van der Waals surface area (Å²) in [6, 6.07) is 8.89. The lowest BCUT2D eigenvalue weighted by Gasteiger charge is -2.21. The minimum atomic E-state index is -0.368. The first-order valence-electron chi connectivity index (χ1n) is 9.91. The number of carbonyl (C=O) groups is 2. The van der Waals surface area contributed by atoms with Crippen LogP contribution in [0.5, 0.6) is 11.5 Å². The molecule has 1 aliphatic heterocycles. The van der Waals surface area contributed by atoms with E-state index in [1.807, 2.05) is 12.1 Å². The van der Waals surface area contributed by atoms with Gasteiger partial charge in [0.2, 0.25) is 5.91 Å². The van der Waals surface area contributed by atoms with Crippen LogP contribution in [0.15, 0.2) is 41.0 Å². The zero-order valence-corrected chi connectivity index (χ0v) is 17.1. The van der Waals surface area contributed by atoms with Gasteiger partial charge in [0, 0.05) is 37.2 Å².